The number of ether oxygens (including phenoxy) is 1. The van der Waals surface area contributed by atoms with Crippen LogP contribution in [-0.4, -0.2) is 48.3 Å². The van der Waals surface area contributed by atoms with E-state index >= 15 is 0 Å². The number of aliphatic hydroxyl groups is 1. The van der Waals surface area contributed by atoms with Crippen LogP contribution in [0.4, 0.5) is 23.2 Å². The van der Waals surface area contributed by atoms with Gasteiger partial charge in [0.2, 0.25) is 0 Å². The molecule has 2 atom stereocenters. The smallest absolute Gasteiger partial charge is 0.425 e. The van der Waals surface area contributed by atoms with Gasteiger partial charge in [-0.2, -0.15) is 23.4 Å². The number of benzene rings is 1. The summed E-state index contributed by atoms with van der Waals surface area (Å²) in [6, 6.07) is 1.61. The van der Waals surface area contributed by atoms with Crippen LogP contribution in [0.5, 0.6) is 5.75 Å². The largest absolute Gasteiger partial charge is 0.480 e. The average molecular weight is 491 g/mol. The van der Waals surface area contributed by atoms with E-state index in [2.05, 4.69) is 25.6 Å². The van der Waals surface area contributed by atoms with Gasteiger partial charge in [-0.05, 0) is 32.9 Å². The van der Waals surface area contributed by atoms with E-state index in [4.69, 9.17) is 16.3 Å². The van der Waals surface area contributed by atoms with Crippen molar-refractivity contribution in [1.82, 2.24) is 25.0 Å². The molecular formula is C19H19ClF4N6O3. The van der Waals surface area contributed by atoms with Gasteiger partial charge in [0.05, 0.1) is 16.8 Å². The number of alkyl halides is 3. The molecule has 1 aromatic carbocycles. The molecule has 3 N–H and O–H groups in total. The summed E-state index contributed by atoms with van der Waals surface area (Å²) in [5.74, 6) is -2.64. The van der Waals surface area contributed by atoms with Crippen molar-refractivity contribution in [1.29, 1.82) is 0 Å². The minimum atomic E-state index is -4.75. The van der Waals surface area contributed by atoms with Crippen molar-refractivity contribution in [2.24, 2.45) is 7.05 Å². The van der Waals surface area contributed by atoms with E-state index in [1.807, 2.05) is 0 Å². The van der Waals surface area contributed by atoms with Crippen LogP contribution in [0.3, 0.4) is 0 Å². The number of aromatic nitrogens is 5. The molecule has 3 aromatic rings. The van der Waals surface area contributed by atoms with Gasteiger partial charge in [0.1, 0.15) is 23.4 Å². The Morgan fingerprint density at radius 1 is 1.33 bits per heavy atom. The number of amides is 1. The van der Waals surface area contributed by atoms with E-state index in [0.29, 0.717) is 11.8 Å². The highest BCUT2D eigenvalue weighted by Gasteiger charge is 2.39. The van der Waals surface area contributed by atoms with Gasteiger partial charge in [-0.25, -0.2) is 9.37 Å². The van der Waals surface area contributed by atoms with E-state index in [0.717, 1.165) is 13.0 Å². The maximum absolute atomic E-state index is 15.0. The number of carbonyl (C=O) groups excluding carboxylic acids is 1. The minimum absolute atomic E-state index is 0.0777. The van der Waals surface area contributed by atoms with E-state index in [9.17, 15) is 27.5 Å². The van der Waals surface area contributed by atoms with Crippen molar-refractivity contribution in [2.45, 2.75) is 39.2 Å². The fourth-order valence-electron chi connectivity index (χ4n) is 2.86. The molecule has 0 bridgehead atoms. The molecule has 0 saturated heterocycles. The van der Waals surface area contributed by atoms with Crippen LogP contribution in [0.1, 0.15) is 41.8 Å². The molecule has 1 amide bonds. The van der Waals surface area contributed by atoms with Crippen LogP contribution in [0.2, 0.25) is 5.15 Å². The number of carbonyl (C=O) groups is 1. The number of aryl methyl sites for hydroxylation is 2. The average Bonchev–Trinajstić information content (AvgIpc) is 3.25. The predicted molar refractivity (Wildman–Crippen MR) is 109 cm³/mol. The SMILES string of the molecule is Cc1[nH]nc(Cl)c1NC(=O)c1cc(F)c(-c2nc(C(C)O)n(C)n2)cc1OC(C)C(F)(F)F. The number of nitrogens with one attached hydrogen (secondary N) is 2. The number of aliphatic hydroxyl groups excluding tert-OH is 1. The van der Waals surface area contributed by atoms with Gasteiger partial charge in [0.25, 0.3) is 5.91 Å². The van der Waals surface area contributed by atoms with Crippen LogP contribution in [0, 0.1) is 12.7 Å². The number of nitrogens with zero attached hydrogens (tertiary/aromatic N) is 4. The number of H-pyrrole nitrogens is 1. The standard InChI is InChI=1S/C19H19ClF4N6O3/c1-7-14(15(20)28-27-7)25-18(32)11-5-12(21)10(6-13(11)33-9(3)19(22,23)24)16-26-17(8(2)31)30(4)29-16/h5-6,8-9,31H,1-4H3,(H,25,32)(H,27,28). The van der Waals surface area contributed by atoms with Crippen LogP contribution in [0.25, 0.3) is 11.4 Å². The summed E-state index contributed by atoms with van der Waals surface area (Å²) >= 11 is 5.89. The Bertz CT molecular complexity index is 1170. The van der Waals surface area contributed by atoms with E-state index < -0.39 is 41.4 Å². The zero-order valence-electron chi connectivity index (χ0n) is 17.8. The number of hydrogen-bond acceptors (Lipinski definition) is 6. The highest BCUT2D eigenvalue weighted by molar-refractivity contribution is 6.33. The topological polar surface area (TPSA) is 118 Å². The Labute approximate surface area is 189 Å². The lowest BCUT2D eigenvalue weighted by Gasteiger charge is -2.20. The van der Waals surface area contributed by atoms with E-state index in [-0.39, 0.29) is 28.1 Å². The van der Waals surface area contributed by atoms with Crippen LogP contribution < -0.4 is 10.1 Å². The highest BCUT2D eigenvalue weighted by Crippen LogP contribution is 2.34. The van der Waals surface area contributed by atoms with Crippen molar-refractivity contribution in [3.63, 3.8) is 0 Å². The third-order valence-electron chi connectivity index (χ3n) is 4.63. The molecule has 0 spiro atoms. The van der Waals surface area contributed by atoms with Gasteiger partial charge in [0.15, 0.2) is 22.9 Å². The summed E-state index contributed by atoms with van der Waals surface area (Å²) in [6.07, 6.45) is -8.10. The Hall–Kier alpha value is -3.19. The van der Waals surface area contributed by atoms with Crippen molar-refractivity contribution in [2.75, 3.05) is 5.32 Å². The van der Waals surface area contributed by atoms with Gasteiger partial charge in [-0.1, -0.05) is 11.6 Å². The zero-order chi connectivity index (χ0) is 24.7. The van der Waals surface area contributed by atoms with Crippen molar-refractivity contribution in [3.05, 3.63) is 40.2 Å². The fraction of sp³-hybridized carbons (Fsp3) is 0.368. The first-order valence-electron chi connectivity index (χ1n) is 9.47. The minimum Gasteiger partial charge on any atom is -0.480 e. The molecule has 14 heteroatoms. The van der Waals surface area contributed by atoms with Crippen LogP contribution in [-0.2, 0) is 7.05 Å². The number of hydrogen-bond donors (Lipinski definition) is 3. The summed E-state index contributed by atoms with van der Waals surface area (Å²) < 4.78 is 60.6. The Balaban J connectivity index is 2.09. The molecule has 9 nitrogen and oxygen atoms in total. The molecule has 0 aliphatic rings. The molecule has 0 fully saturated rings. The Kier molecular flexibility index (Phi) is 6.65. The molecule has 178 valence electrons. The molecule has 3 rings (SSSR count). The van der Waals surface area contributed by atoms with Gasteiger partial charge < -0.3 is 15.2 Å². The van der Waals surface area contributed by atoms with Crippen molar-refractivity contribution in [3.8, 4) is 17.1 Å². The zero-order valence-corrected chi connectivity index (χ0v) is 18.5. The molecule has 2 unspecified atom stereocenters. The quantitative estimate of drug-likeness (QED) is 0.450. The summed E-state index contributed by atoms with van der Waals surface area (Å²) in [4.78, 5) is 16.8. The lowest BCUT2D eigenvalue weighted by molar-refractivity contribution is -0.189. The van der Waals surface area contributed by atoms with Crippen LogP contribution >= 0.6 is 11.6 Å². The summed E-state index contributed by atoms with van der Waals surface area (Å²) in [5.41, 5.74) is -0.388. The molecule has 0 aliphatic heterocycles. The maximum atomic E-state index is 15.0. The van der Waals surface area contributed by atoms with Gasteiger partial charge in [0, 0.05) is 7.05 Å². The monoisotopic (exact) mass is 490 g/mol. The summed E-state index contributed by atoms with van der Waals surface area (Å²) in [5, 5.41) is 22.2. The molecule has 0 radical (unpaired) electrons. The third-order valence-corrected chi connectivity index (χ3v) is 4.90. The molecule has 0 saturated carbocycles. The molecule has 33 heavy (non-hydrogen) atoms. The number of anilines is 1. The third kappa shape index (κ3) is 5.09. The lowest BCUT2D eigenvalue weighted by atomic mass is 10.1. The van der Waals surface area contributed by atoms with Crippen molar-refractivity contribution >= 4 is 23.2 Å². The van der Waals surface area contributed by atoms with Gasteiger partial charge in [-0.3, -0.25) is 14.6 Å². The molecule has 2 heterocycles. The highest BCUT2D eigenvalue weighted by atomic mass is 35.5. The normalized spacial score (nSPS) is 13.6. The fourth-order valence-corrected chi connectivity index (χ4v) is 3.09. The summed E-state index contributed by atoms with van der Waals surface area (Å²) in [6.45, 7) is 3.71. The second-order valence-corrected chi connectivity index (χ2v) is 7.55. The Morgan fingerprint density at radius 3 is 2.52 bits per heavy atom. The molecule has 2 aromatic heterocycles. The first-order chi connectivity index (χ1) is 15.3. The van der Waals surface area contributed by atoms with E-state index in [1.165, 1.54) is 18.7 Å². The van der Waals surface area contributed by atoms with Gasteiger partial charge in [-0.15, -0.1) is 0 Å². The predicted octanol–water partition coefficient (Wildman–Crippen LogP) is 3.94. The summed E-state index contributed by atoms with van der Waals surface area (Å²) in [7, 11) is 1.46. The number of aromatic amines is 1. The van der Waals surface area contributed by atoms with Crippen molar-refractivity contribution < 1.29 is 32.2 Å². The number of halogens is 5. The van der Waals surface area contributed by atoms with E-state index in [1.54, 1.807) is 6.92 Å². The lowest BCUT2D eigenvalue weighted by Crippen LogP contribution is -2.32. The second kappa shape index (κ2) is 8.98. The number of rotatable bonds is 6. The molecular weight excluding hydrogens is 472 g/mol. The first kappa shape index (κ1) is 24.5. The maximum Gasteiger partial charge on any atom is 0.425 e. The second-order valence-electron chi connectivity index (χ2n) is 7.19. The molecule has 0 aliphatic carbocycles. The Morgan fingerprint density at radius 2 is 2.00 bits per heavy atom. The van der Waals surface area contributed by atoms with Crippen LogP contribution in [0.15, 0.2) is 12.1 Å². The van der Waals surface area contributed by atoms with Gasteiger partial charge >= 0.3 is 6.18 Å². The first-order valence-corrected chi connectivity index (χ1v) is 9.85.